The fourth-order valence-electron chi connectivity index (χ4n) is 2.28. The van der Waals surface area contributed by atoms with Gasteiger partial charge in [0.25, 0.3) is 0 Å². The van der Waals surface area contributed by atoms with Gasteiger partial charge < -0.3 is 10.1 Å². The number of halogens is 2. The van der Waals surface area contributed by atoms with Gasteiger partial charge in [-0.1, -0.05) is 0 Å². The number of carbonyl (C=O) groups is 1. The van der Waals surface area contributed by atoms with Gasteiger partial charge in [0.1, 0.15) is 23.9 Å². The van der Waals surface area contributed by atoms with Crippen molar-refractivity contribution in [2.45, 2.75) is 20.0 Å². The standard InChI is InChI=1S/C18H20F2N2O4S/c1-12(2)26-15-7-5-14(6-8-15)21-18(23)11-22(27(3,24)25)17-9-4-13(19)10-16(17)20/h4-10,12H,11H2,1-3H3,(H,21,23). The molecule has 1 amide bonds. The van der Waals surface area contributed by atoms with E-state index in [4.69, 9.17) is 4.74 Å². The molecule has 0 aliphatic heterocycles. The van der Waals surface area contributed by atoms with Crippen LogP contribution < -0.4 is 14.4 Å². The Morgan fingerprint density at radius 2 is 1.78 bits per heavy atom. The van der Waals surface area contributed by atoms with Crippen molar-refractivity contribution in [2.75, 3.05) is 22.4 Å². The van der Waals surface area contributed by atoms with Crippen LogP contribution in [0.4, 0.5) is 20.2 Å². The van der Waals surface area contributed by atoms with Gasteiger partial charge in [0.15, 0.2) is 0 Å². The number of ether oxygens (including phenoxy) is 1. The molecule has 0 heterocycles. The van der Waals surface area contributed by atoms with Gasteiger partial charge in [-0.05, 0) is 50.2 Å². The molecule has 0 fully saturated rings. The Hall–Kier alpha value is -2.68. The number of nitrogens with zero attached hydrogens (tertiary/aromatic N) is 1. The van der Waals surface area contributed by atoms with Crippen LogP contribution >= 0.6 is 0 Å². The number of anilines is 2. The normalized spacial score (nSPS) is 11.3. The van der Waals surface area contributed by atoms with Crippen molar-refractivity contribution in [3.63, 3.8) is 0 Å². The zero-order valence-corrected chi connectivity index (χ0v) is 15.9. The number of hydrogen-bond acceptors (Lipinski definition) is 4. The molecule has 0 saturated heterocycles. The third-order valence-electron chi connectivity index (χ3n) is 3.38. The molecule has 2 aromatic rings. The number of sulfonamides is 1. The Morgan fingerprint density at radius 3 is 2.30 bits per heavy atom. The highest BCUT2D eigenvalue weighted by atomic mass is 32.2. The molecule has 0 saturated carbocycles. The van der Waals surface area contributed by atoms with Crippen LogP contribution in [0.15, 0.2) is 42.5 Å². The van der Waals surface area contributed by atoms with Gasteiger partial charge in [-0.15, -0.1) is 0 Å². The van der Waals surface area contributed by atoms with E-state index in [1.165, 1.54) is 0 Å². The van der Waals surface area contributed by atoms with Crippen molar-refractivity contribution in [1.82, 2.24) is 0 Å². The number of carbonyl (C=O) groups excluding carboxylic acids is 1. The van der Waals surface area contributed by atoms with Gasteiger partial charge >= 0.3 is 0 Å². The van der Waals surface area contributed by atoms with Crippen molar-refractivity contribution >= 4 is 27.3 Å². The summed E-state index contributed by atoms with van der Waals surface area (Å²) >= 11 is 0. The molecule has 0 unspecified atom stereocenters. The Morgan fingerprint density at radius 1 is 1.15 bits per heavy atom. The average molecular weight is 398 g/mol. The van der Waals surface area contributed by atoms with Gasteiger partial charge in [-0.25, -0.2) is 17.2 Å². The zero-order valence-electron chi connectivity index (χ0n) is 15.1. The fourth-order valence-corrected chi connectivity index (χ4v) is 3.14. The number of amides is 1. The molecular weight excluding hydrogens is 378 g/mol. The molecular formula is C18H20F2N2O4S. The van der Waals surface area contributed by atoms with Crippen LogP contribution in [0.1, 0.15) is 13.8 Å². The van der Waals surface area contributed by atoms with E-state index in [0.29, 0.717) is 21.8 Å². The summed E-state index contributed by atoms with van der Waals surface area (Å²) in [6.07, 6.45) is 0.834. The van der Waals surface area contributed by atoms with E-state index < -0.39 is 39.8 Å². The molecule has 27 heavy (non-hydrogen) atoms. The second kappa shape index (κ2) is 8.34. The number of benzene rings is 2. The molecule has 0 spiro atoms. The summed E-state index contributed by atoms with van der Waals surface area (Å²) < 4.78 is 57.1. The topological polar surface area (TPSA) is 75.7 Å². The van der Waals surface area contributed by atoms with Crippen LogP contribution in [0.3, 0.4) is 0 Å². The molecule has 1 N–H and O–H groups in total. The predicted molar refractivity (Wildman–Crippen MR) is 99.4 cm³/mol. The van der Waals surface area contributed by atoms with Crippen molar-refractivity contribution in [3.8, 4) is 5.75 Å². The first kappa shape index (κ1) is 20.6. The predicted octanol–water partition coefficient (Wildman–Crippen LogP) is 3.16. The summed E-state index contributed by atoms with van der Waals surface area (Å²) in [4.78, 5) is 12.2. The lowest BCUT2D eigenvalue weighted by atomic mass is 10.3. The lowest BCUT2D eigenvalue weighted by Crippen LogP contribution is -2.38. The highest BCUT2D eigenvalue weighted by Crippen LogP contribution is 2.23. The first-order chi connectivity index (χ1) is 12.6. The maximum absolute atomic E-state index is 14.0. The van der Waals surface area contributed by atoms with Gasteiger partial charge in [0.2, 0.25) is 15.9 Å². The van der Waals surface area contributed by atoms with Crippen LogP contribution in [0.5, 0.6) is 5.75 Å². The van der Waals surface area contributed by atoms with E-state index in [1.54, 1.807) is 24.3 Å². The fraction of sp³-hybridized carbons (Fsp3) is 0.278. The summed E-state index contributed by atoms with van der Waals surface area (Å²) in [7, 11) is -3.97. The van der Waals surface area contributed by atoms with Crippen molar-refractivity contribution < 1.29 is 26.7 Å². The van der Waals surface area contributed by atoms with Crippen LogP contribution in [-0.2, 0) is 14.8 Å². The molecule has 0 atom stereocenters. The van der Waals surface area contributed by atoms with E-state index in [9.17, 15) is 22.0 Å². The molecule has 0 aliphatic carbocycles. The molecule has 0 aliphatic rings. The Balaban J connectivity index is 2.15. The highest BCUT2D eigenvalue weighted by molar-refractivity contribution is 7.92. The van der Waals surface area contributed by atoms with E-state index in [-0.39, 0.29) is 6.10 Å². The summed E-state index contributed by atoms with van der Waals surface area (Å²) in [5, 5.41) is 2.53. The second-order valence-corrected chi connectivity index (χ2v) is 8.01. The maximum atomic E-state index is 14.0. The number of rotatable bonds is 7. The first-order valence-corrected chi connectivity index (χ1v) is 9.90. The molecule has 9 heteroatoms. The van der Waals surface area contributed by atoms with Gasteiger partial charge in [0.05, 0.1) is 18.0 Å². The summed E-state index contributed by atoms with van der Waals surface area (Å²) in [6, 6.07) is 8.95. The summed E-state index contributed by atoms with van der Waals surface area (Å²) in [5.74, 6) is -1.99. The minimum Gasteiger partial charge on any atom is -0.491 e. The van der Waals surface area contributed by atoms with Crippen LogP contribution in [0.2, 0.25) is 0 Å². The third-order valence-corrected chi connectivity index (χ3v) is 4.50. The quantitative estimate of drug-likeness (QED) is 0.777. The lowest BCUT2D eigenvalue weighted by molar-refractivity contribution is -0.114. The van der Waals surface area contributed by atoms with E-state index in [2.05, 4.69) is 5.32 Å². The van der Waals surface area contributed by atoms with E-state index in [1.807, 2.05) is 13.8 Å². The lowest BCUT2D eigenvalue weighted by Gasteiger charge is -2.22. The summed E-state index contributed by atoms with van der Waals surface area (Å²) in [6.45, 7) is 3.10. The van der Waals surface area contributed by atoms with Gasteiger partial charge in [-0.3, -0.25) is 9.10 Å². The van der Waals surface area contributed by atoms with Gasteiger partial charge in [-0.2, -0.15) is 0 Å². The van der Waals surface area contributed by atoms with Crippen molar-refractivity contribution in [3.05, 3.63) is 54.1 Å². The molecule has 0 aromatic heterocycles. The molecule has 2 rings (SSSR count). The van der Waals surface area contributed by atoms with E-state index in [0.717, 1.165) is 18.4 Å². The minimum absolute atomic E-state index is 0.000587. The largest absolute Gasteiger partial charge is 0.491 e. The molecule has 0 bridgehead atoms. The Bertz CT molecular complexity index is 915. The molecule has 146 valence electrons. The van der Waals surface area contributed by atoms with Crippen molar-refractivity contribution in [1.29, 1.82) is 0 Å². The average Bonchev–Trinajstić information content (AvgIpc) is 2.54. The first-order valence-electron chi connectivity index (χ1n) is 8.05. The SMILES string of the molecule is CC(C)Oc1ccc(NC(=O)CN(c2ccc(F)cc2F)S(C)(=O)=O)cc1. The molecule has 0 radical (unpaired) electrons. The molecule has 2 aromatic carbocycles. The maximum Gasteiger partial charge on any atom is 0.245 e. The number of nitrogens with one attached hydrogen (secondary N) is 1. The van der Waals surface area contributed by atoms with Gasteiger partial charge in [0, 0.05) is 11.8 Å². The van der Waals surface area contributed by atoms with E-state index >= 15 is 0 Å². The summed E-state index contributed by atoms with van der Waals surface area (Å²) in [5.41, 5.74) is 0.0128. The van der Waals surface area contributed by atoms with Crippen LogP contribution in [-0.4, -0.2) is 33.2 Å². The third kappa shape index (κ3) is 5.92. The Labute approximate surface area is 156 Å². The highest BCUT2D eigenvalue weighted by Gasteiger charge is 2.24. The van der Waals surface area contributed by atoms with Crippen molar-refractivity contribution in [2.24, 2.45) is 0 Å². The zero-order chi connectivity index (χ0) is 20.2. The smallest absolute Gasteiger partial charge is 0.245 e. The van der Waals surface area contributed by atoms with Crippen LogP contribution in [0.25, 0.3) is 0 Å². The second-order valence-electron chi connectivity index (χ2n) is 6.10. The Kier molecular flexibility index (Phi) is 6.37. The molecule has 6 nitrogen and oxygen atoms in total. The monoisotopic (exact) mass is 398 g/mol. The minimum atomic E-state index is -3.97. The van der Waals surface area contributed by atoms with Crippen LogP contribution in [0, 0.1) is 11.6 Å². The number of hydrogen-bond donors (Lipinski definition) is 1.